The molecule has 1 aliphatic heterocycles. The van der Waals surface area contributed by atoms with Crippen molar-refractivity contribution in [3.63, 3.8) is 0 Å². The van der Waals surface area contributed by atoms with E-state index in [1.165, 1.54) is 0 Å². The summed E-state index contributed by atoms with van der Waals surface area (Å²) in [5.41, 5.74) is 0.682. The molecule has 0 aliphatic carbocycles. The third kappa shape index (κ3) is 3.26. The Morgan fingerprint density at radius 1 is 1.62 bits per heavy atom. The molecule has 1 amide bonds. The molecule has 1 aliphatic rings. The van der Waals surface area contributed by atoms with Gasteiger partial charge >= 0.3 is 6.09 Å². The number of amides is 1. The minimum atomic E-state index is -0.292. The average molecular weight is 221 g/mol. The van der Waals surface area contributed by atoms with Gasteiger partial charge in [-0.25, -0.2) is 4.79 Å². The van der Waals surface area contributed by atoms with Gasteiger partial charge in [-0.15, -0.1) is 0 Å². The first-order valence-electron chi connectivity index (χ1n) is 5.61. The predicted molar refractivity (Wildman–Crippen MR) is 64.9 cm³/mol. The van der Waals surface area contributed by atoms with Gasteiger partial charge in [0.25, 0.3) is 0 Å². The van der Waals surface area contributed by atoms with Crippen LogP contribution < -0.4 is 0 Å². The summed E-state index contributed by atoms with van der Waals surface area (Å²) in [5.74, 6) is 0.407. The molecule has 3 heteroatoms. The largest absolute Gasteiger partial charge is 0.449 e. The first-order valence-corrected chi connectivity index (χ1v) is 5.61. The molecule has 0 aromatic carbocycles. The average Bonchev–Trinajstić information content (AvgIpc) is 2.30. The van der Waals surface area contributed by atoms with Gasteiger partial charge in [-0.2, -0.15) is 0 Å². The van der Waals surface area contributed by atoms with Crippen molar-refractivity contribution in [1.29, 1.82) is 0 Å². The van der Waals surface area contributed by atoms with Crippen LogP contribution in [0.25, 0.3) is 0 Å². The van der Waals surface area contributed by atoms with Crippen LogP contribution in [-0.4, -0.2) is 24.1 Å². The van der Waals surface area contributed by atoms with Gasteiger partial charge in [0.1, 0.15) is 0 Å². The maximum atomic E-state index is 11.5. The predicted octanol–water partition coefficient (Wildman–Crippen LogP) is 3.11. The Kier molecular flexibility index (Phi) is 4.83. The van der Waals surface area contributed by atoms with E-state index in [1.807, 2.05) is 31.2 Å². The number of cyclic esters (lactones) is 1. The third-order valence-electron chi connectivity index (χ3n) is 2.62. The van der Waals surface area contributed by atoms with Crippen LogP contribution in [-0.2, 0) is 4.74 Å². The zero-order valence-electron chi connectivity index (χ0n) is 9.98. The Morgan fingerprint density at radius 2 is 2.38 bits per heavy atom. The van der Waals surface area contributed by atoms with Gasteiger partial charge in [-0.05, 0) is 19.4 Å². The fourth-order valence-electron chi connectivity index (χ4n) is 1.50. The van der Waals surface area contributed by atoms with Gasteiger partial charge in [-0.3, -0.25) is 4.90 Å². The maximum Gasteiger partial charge on any atom is 0.414 e. The summed E-state index contributed by atoms with van der Waals surface area (Å²) in [6.07, 6.45) is 8.23. The van der Waals surface area contributed by atoms with Gasteiger partial charge < -0.3 is 4.74 Å². The molecule has 3 nitrogen and oxygen atoms in total. The normalized spacial score (nSPS) is 21.8. The molecule has 0 spiro atoms. The quantitative estimate of drug-likeness (QED) is 0.683. The van der Waals surface area contributed by atoms with E-state index in [1.54, 1.807) is 4.90 Å². The van der Waals surface area contributed by atoms with E-state index in [0.717, 1.165) is 6.42 Å². The Hall–Kier alpha value is -1.51. The number of nitrogens with zero attached hydrogens (tertiary/aromatic N) is 1. The van der Waals surface area contributed by atoms with Crippen molar-refractivity contribution in [3.8, 4) is 0 Å². The number of carbonyl (C=O) groups excluding carboxylic acids is 1. The molecule has 88 valence electrons. The molecular formula is C13H19NO2. The summed E-state index contributed by atoms with van der Waals surface area (Å²) in [4.78, 5) is 13.1. The van der Waals surface area contributed by atoms with E-state index in [2.05, 4.69) is 13.5 Å². The number of ether oxygens (including phenoxy) is 1. The second kappa shape index (κ2) is 6.16. The van der Waals surface area contributed by atoms with Crippen molar-refractivity contribution >= 4 is 6.09 Å². The van der Waals surface area contributed by atoms with Crippen LogP contribution in [0.4, 0.5) is 4.79 Å². The lowest BCUT2D eigenvalue weighted by Crippen LogP contribution is -2.41. The fraction of sp³-hybridized carbons (Fsp3) is 0.462. The number of rotatable bonds is 4. The molecule has 0 aromatic rings. The van der Waals surface area contributed by atoms with Crippen LogP contribution in [0.3, 0.4) is 0 Å². The van der Waals surface area contributed by atoms with Crippen molar-refractivity contribution < 1.29 is 9.53 Å². The molecule has 1 unspecified atom stereocenters. The smallest absolute Gasteiger partial charge is 0.414 e. The molecule has 0 saturated carbocycles. The highest BCUT2D eigenvalue weighted by atomic mass is 16.6. The molecule has 1 heterocycles. The summed E-state index contributed by atoms with van der Waals surface area (Å²) in [7, 11) is 0. The Morgan fingerprint density at radius 3 is 3.00 bits per heavy atom. The van der Waals surface area contributed by atoms with Crippen molar-refractivity contribution in [1.82, 2.24) is 4.90 Å². The number of allylic oxidation sites excluding steroid dienone is 4. The second-order valence-electron chi connectivity index (χ2n) is 3.84. The topological polar surface area (TPSA) is 29.5 Å². The second-order valence-corrected chi connectivity index (χ2v) is 3.84. The fourth-order valence-corrected chi connectivity index (χ4v) is 1.50. The zero-order chi connectivity index (χ0) is 12.0. The van der Waals surface area contributed by atoms with Crippen molar-refractivity contribution in [3.05, 3.63) is 36.6 Å². The molecule has 0 bridgehead atoms. The van der Waals surface area contributed by atoms with E-state index in [4.69, 9.17) is 4.74 Å². The van der Waals surface area contributed by atoms with Crippen LogP contribution in [0, 0.1) is 5.92 Å². The lowest BCUT2D eigenvalue weighted by atomic mass is 10.1. The number of hydrogen-bond donors (Lipinski definition) is 0. The van der Waals surface area contributed by atoms with Gasteiger partial charge in [0.15, 0.2) is 0 Å². The number of hydrogen-bond acceptors (Lipinski definition) is 2. The molecule has 16 heavy (non-hydrogen) atoms. The molecule has 1 fully saturated rings. The molecule has 0 radical (unpaired) electrons. The maximum absolute atomic E-state index is 11.5. The van der Waals surface area contributed by atoms with E-state index < -0.39 is 0 Å². The summed E-state index contributed by atoms with van der Waals surface area (Å²) < 4.78 is 5.10. The summed E-state index contributed by atoms with van der Waals surface area (Å²) >= 11 is 0. The van der Waals surface area contributed by atoms with Crippen molar-refractivity contribution in [2.45, 2.75) is 20.3 Å². The van der Waals surface area contributed by atoms with Crippen LogP contribution in [0.5, 0.6) is 0 Å². The molecule has 1 rings (SSSR count). The SMILES string of the molecule is C=C(/C=C\C=C/C)N1CC(CC)COC1=O. The van der Waals surface area contributed by atoms with Crippen molar-refractivity contribution in [2.24, 2.45) is 5.92 Å². The van der Waals surface area contributed by atoms with Crippen LogP contribution in [0.15, 0.2) is 36.6 Å². The summed E-state index contributed by atoms with van der Waals surface area (Å²) in [6, 6.07) is 0. The lowest BCUT2D eigenvalue weighted by molar-refractivity contribution is 0.0565. The van der Waals surface area contributed by atoms with Gasteiger partial charge in [0.2, 0.25) is 0 Å². The summed E-state index contributed by atoms with van der Waals surface area (Å²) in [5, 5.41) is 0. The highest BCUT2D eigenvalue weighted by molar-refractivity contribution is 5.71. The van der Waals surface area contributed by atoms with Gasteiger partial charge in [0.05, 0.1) is 6.61 Å². The van der Waals surface area contributed by atoms with Crippen LogP contribution in [0.1, 0.15) is 20.3 Å². The van der Waals surface area contributed by atoms with Gasteiger partial charge in [0, 0.05) is 18.2 Å². The molecule has 0 aromatic heterocycles. The molecule has 0 N–H and O–H groups in total. The first-order chi connectivity index (χ1) is 7.69. The Bertz CT molecular complexity index is 318. The van der Waals surface area contributed by atoms with E-state index >= 15 is 0 Å². The standard InChI is InChI=1S/C13H19NO2/c1-4-6-7-8-11(3)14-9-12(5-2)10-16-13(14)15/h4,6-8,12H,3,5,9-10H2,1-2H3/b6-4-,8-7-. The molecular weight excluding hydrogens is 202 g/mol. The molecule has 1 saturated heterocycles. The Labute approximate surface area is 97.1 Å². The summed E-state index contributed by atoms with van der Waals surface area (Å²) in [6.45, 7) is 9.14. The monoisotopic (exact) mass is 221 g/mol. The highest BCUT2D eigenvalue weighted by Gasteiger charge is 2.26. The van der Waals surface area contributed by atoms with E-state index in [-0.39, 0.29) is 6.09 Å². The van der Waals surface area contributed by atoms with E-state index in [9.17, 15) is 4.79 Å². The van der Waals surface area contributed by atoms with Crippen LogP contribution in [0.2, 0.25) is 0 Å². The third-order valence-corrected chi connectivity index (χ3v) is 2.62. The lowest BCUT2D eigenvalue weighted by Gasteiger charge is -2.31. The van der Waals surface area contributed by atoms with Gasteiger partial charge in [-0.1, -0.05) is 31.7 Å². The minimum Gasteiger partial charge on any atom is -0.449 e. The van der Waals surface area contributed by atoms with Crippen molar-refractivity contribution in [2.75, 3.05) is 13.2 Å². The Balaban J connectivity index is 2.62. The number of carbonyl (C=O) groups is 1. The minimum absolute atomic E-state index is 0.292. The zero-order valence-corrected chi connectivity index (χ0v) is 9.98. The van der Waals surface area contributed by atoms with Crippen LogP contribution >= 0.6 is 0 Å². The highest BCUT2D eigenvalue weighted by Crippen LogP contribution is 2.18. The van der Waals surface area contributed by atoms with E-state index in [0.29, 0.717) is 24.8 Å². The first kappa shape index (κ1) is 12.6. The molecule has 1 atom stereocenters.